The van der Waals surface area contributed by atoms with Gasteiger partial charge in [0.2, 0.25) is 6.29 Å². The minimum absolute atomic E-state index is 0.0682. The first kappa shape index (κ1) is 51.6. The molecular formula is C48H76O19. The molecule has 27 atom stereocenters. The number of aliphatic hydroxyl groups is 11. The summed E-state index contributed by atoms with van der Waals surface area (Å²) in [7, 11) is 0. The smallest absolute Gasteiger partial charge is 0.314 e. The lowest BCUT2D eigenvalue weighted by molar-refractivity contribution is -0.360. The van der Waals surface area contributed by atoms with Crippen LogP contribution in [-0.2, 0) is 38.0 Å². The van der Waals surface area contributed by atoms with Crippen molar-refractivity contribution in [3.63, 3.8) is 0 Å². The molecule has 0 aromatic heterocycles. The molecule has 11 N–H and O–H groups in total. The molecule has 3 saturated heterocycles. The second kappa shape index (κ2) is 18.4. The quantitative estimate of drug-likeness (QED) is 0.0724. The molecular weight excluding hydrogens is 881 g/mol. The number of carbonyl (C=O) groups excluding carboxylic acids is 2. The summed E-state index contributed by atoms with van der Waals surface area (Å²) in [5, 5.41) is 119. The highest BCUT2D eigenvalue weighted by Gasteiger charge is 2.74. The van der Waals surface area contributed by atoms with Crippen LogP contribution in [-0.4, -0.2) is 186 Å². The Balaban J connectivity index is 0.967. The standard InChI is InChI=1S/C48H76O19/c1-20(2)22-8-13-48(15-14-46(6)23(29(22)48)16-24(51)39-44(4)11-10-28(52)45(5,19-50)27(44)9-12-47(39,46)7)43(61)67-41-37(60)34(57)38(21(3)63-41)66-42-36(59)33(56)31(54)26(65-42)18-62-40-35(58)32(55)30(53)25(17-49)64-40/h19,21-42,49,51-60H,1,8-18H2,2-7H3/t21-,22-,23+,24+,25+,26+,27+,28+,29+,30+,31+,32-,33-,34-,35+,36+,37+,38-,39+,40+,41-,42-,44-,45-,46+,47+,48-/m0/s1. The van der Waals surface area contributed by atoms with Crippen LogP contribution in [0.2, 0.25) is 0 Å². The summed E-state index contributed by atoms with van der Waals surface area (Å²) in [6.07, 6.45) is -19.9. The van der Waals surface area contributed by atoms with Crippen LogP contribution >= 0.6 is 0 Å². The maximum atomic E-state index is 14.9. The summed E-state index contributed by atoms with van der Waals surface area (Å²) >= 11 is 0. The van der Waals surface area contributed by atoms with Gasteiger partial charge in [0, 0.05) is 0 Å². The predicted octanol–water partition coefficient (Wildman–Crippen LogP) is -0.826. The Bertz CT molecular complexity index is 1840. The van der Waals surface area contributed by atoms with Gasteiger partial charge in [-0.1, -0.05) is 39.8 Å². The zero-order valence-electron chi connectivity index (χ0n) is 39.4. The number of carbonyl (C=O) groups is 2. The van der Waals surface area contributed by atoms with Crippen LogP contribution in [0, 0.1) is 56.7 Å². The van der Waals surface area contributed by atoms with E-state index in [1.807, 2.05) is 13.8 Å². The van der Waals surface area contributed by atoms with Gasteiger partial charge < -0.3 is 89.4 Å². The van der Waals surface area contributed by atoms with Gasteiger partial charge in [0.15, 0.2) is 12.6 Å². The van der Waals surface area contributed by atoms with Crippen LogP contribution in [0.25, 0.3) is 0 Å². The van der Waals surface area contributed by atoms with Gasteiger partial charge in [0.25, 0.3) is 0 Å². The number of hydrogen-bond donors (Lipinski definition) is 11. The largest absolute Gasteiger partial charge is 0.432 e. The first-order chi connectivity index (χ1) is 31.4. The van der Waals surface area contributed by atoms with Crippen molar-refractivity contribution in [3.05, 3.63) is 12.2 Å². The number of rotatable bonds is 10. The molecule has 3 heterocycles. The highest BCUT2D eigenvalue weighted by molar-refractivity contribution is 5.78. The molecule has 67 heavy (non-hydrogen) atoms. The fourth-order valence-electron chi connectivity index (χ4n) is 15.7. The highest BCUT2D eigenvalue weighted by Crippen LogP contribution is 2.77. The van der Waals surface area contributed by atoms with Crippen molar-refractivity contribution in [2.75, 3.05) is 13.2 Å². The van der Waals surface area contributed by atoms with E-state index in [2.05, 4.69) is 27.4 Å². The number of aliphatic hydroxyl groups excluding tert-OH is 11. The Labute approximate surface area is 391 Å². The van der Waals surface area contributed by atoms with E-state index in [9.17, 15) is 65.8 Å². The Hall–Kier alpha value is -1.76. The van der Waals surface area contributed by atoms with E-state index in [-0.39, 0.29) is 40.4 Å². The highest BCUT2D eigenvalue weighted by atomic mass is 16.8. The van der Waals surface area contributed by atoms with Crippen molar-refractivity contribution < 1.29 is 94.2 Å². The molecule has 19 nitrogen and oxygen atoms in total. The van der Waals surface area contributed by atoms with Crippen molar-refractivity contribution >= 4 is 12.3 Å². The van der Waals surface area contributed by atoms with E-state index in [1.165, 1.54) is 6.92 Å². The van der Waals surface area contributed by atoms with Crippen LogP contribution in [0.1, 0.15) is 99.3 Å². The number of aldehydes is 1. The molecule has 0 amide bonds. The van der Waals surface area contributed by atoms with Gasteiger partial charge in [-0.25, -0.2) is 0 Å². The Morgan fingerprint density at radius 3 is 1.99 bits per heavy atom. The molecule has 0 radical (unpaired) electrons. The van der Waals surface area contributed by atoms with Gasteiger partial charge >= 0.3 is 5.97 Å². The molecule has 19 heteroatoms. The third kappa shape index (κ3) is 7.83. The van der Waals surface area contributed by atoms with Gasteiger partial charge in [0.1, 0.15) is 73.4 Å². The Kier molecular flexibility index (Phi) is 14.1. The average Bonchev–Trinajstić information content (AvgIpc) is 3.70. The SMILES string of the molecule is C=C(C)[C@@H]1CC[C@]2(C(=O)O[C@@H]3O[C@@H](C)[C@H](O[C@@H]4O[C@H](CO[C@@H]5O[C@H](CO)[C@@H](O)[C@H](O)[C@H]5O)[C@@H](O)[C@H](O)[C@H]4O)[C@@H](O)[C@H]3O)CC[C@]3(C)[C@H](C[C@@H](O)[C@@H]4[C@@]5(C)CC[C@@H](O)[C@@](C)(C=O)[C@@H]5CC[C@]43C)[C@@H]12. The van der Waals surface area contributed by atoms with E-state index in [0.717, 1.165) is 24.7 Å². The second-order valence-corrected chi connectivity index (χ2v) is 22.8. The fraction of sp³-hybridized carbons (Fsp3) is 0.917. The third-order valence-corrected chi connectivity index (χ3v) is 19.6. The van der Waals surface area contributed by atoms with E-state index < -0.39 is 140 Å². The lowest BCUT2D eigenvalue weighted by Gasteiger charge is -2.73. The minimum Gasteiger partial charge on any atom is -0.432 e. The van der Waals surface area contributed by atoms with Gasteiger partial charge in [-0.2, -0.15) is 0 Å². The van der Waals surface area contributed by atoms with Crippen molar-refractivity contribution in [2.45, 2.75) is 204 Å². The van der Waals surface area contributed by atoms with Crippen molar-refractivity contribution in [1.82, 2.24) is 0 Å². The van der Waals surface area contributed by atoms with Crippen LogP contribution in [0.15, 0.2) is 12.2 Å². The molecule has 5 aliphatic carbocycles. The molecule has 8 fully saturated rings. The van der Waals surface area contributed by atoms with E-state index >= 15 is 0 Å². The van der Waals surface area contributed by atoms with E-state index in [4.69, 9.17) is 28.4 Å². The zero-order valence-corrected chi connectivity index (χ0v) is 39.4. The number of esters is 1. The molecule has 0 bridgehead atoms. The van der Waals surface area contributed by atoms with E-state index in [1.54, 1.807) is 0 Å². The van der Waals surface area contributed by atoms with Crippen LogP contribution < -0.4 is 0 Å². The summed E-state index contributed by atoms with van der Waals surface area (Å²) in [6, 6.07) is 0. The predicted molar refractivity (Wildman–Crippen MR) is 230 cm³/mol. The maximum absolute atomic E-state index is 14.9. The number of fused-ring (bicyclic) bond motifs is 7. The first-order valence-electron chi connectivity index (χ1n) is 24.3. The molecule has 0 aromatic carbocycles. The van der Waals surface area contributed by atoms with E-state index in [0.29, 0.717) is 44.9 Å². The summed E-state index contributed by atoms with van der Waals surface area (Å²) in [5.41, 5.74) is -2.14. The fourth-order valence-corrected chi connectivity index (χ4v) is 15.7. The number of hydrogen-bond acceptors (Lipinski definition) is 19. The van der Waals surface area contributed by atoms with Gasteiger partial charge in [-0.3, -0.25) is 4.79 Å². The summed E-state index contributed by atoms with van der Waals surface area (Å²) in [6.45, 7) is 15.2. The van der Waals surface area contributed by atoms with Crippen molar-refractivity contribution in [1.29, 1.82) is 0 Å². The second-order valence-electron chi connectivity index (χ2n) is 22.8. The van der Waals surface area contributed by atoms with Crippen molar-refractivity contribution in [2.24, 2.45) is 56.7 Å². The molecule has 0 unspecified atom stereocenters. The lowest BCUT2D eigenvalue weighted by Crippen LogP contribution is -2.70. The average molecular weight is 957 g/mol. The summed E-state index contributed by atoms with van der Waals surface area (Å²) in [4.78, 5) is 27.6. The van der Waals surface area contributed by atoms with Gasteiger partial charge in [-0.15, -0.1) is 0 Å². The van der Waals surface area contributed by atoms with Crippen molar-refractivity contribution in [3.8, 4) is 0 Å². The molecule has 8 aliphatic rings. The number of ether oxygens (including phenoxy) is 6. The molecule has 8 rings (SSSR count). The topological polar surface area (TPSA) is 312 Å². The molecule has 3 aliphatic heterocycles. The summed E-state index contributed by atoms with van der Waals surface area (Å²) in [5.74, 6) is -1.30. The van der Waals surface area contributed by atoms with Crippen LogP contribution in [0.3, 0.4) is 0 Å². The first-order valence-corrected chi connectivity index (χ1v) is 24.3. The van der Waals surface area contributed by atoms with Gasteiger partial charge in [0.05, 0.1) is 42.4 Å². The third-order valence-electron chi connectivity index (χ3n) is 19.6. The molecule has 0 aromatic rings. The zero-order chi connectivity index (χ0) is 49.1. The van der Waals surface area contributed by atoms with Crippen LogP contribution in [0.4, 0.5) is 0 Å². The Morgan fingerprint density at radius 1 is 0.716 bits per heavy atom. The van der Waals surface area contributed by atoms with Gasteiger partial charge in [-0.05, 0) is 117 Å². The van der Waals surface area contributed by atoms with Crippen LogP contribution in [0.5, 0.6) is 0 Å². The summed E-state index contributed by atoms with van der Waals surface area (Å²) < 4.78 is 34.7. The lowest BCUT2D eigenvalue weighted by atomic mass is 9.31. The minimum atomic E-state index is -1.89. The Morgan fingerprint density at radius 2 is 1.34 bits per heavy atom. The molecule has 382 valence electrons. The molecule has 0 spiro atoms. The normalized spacial score (nSPS) is 56.4. The molecule has 5 saturated carbocycles. The number of allylic oxidation sites excluding steroid dienone is 1. The maximum Gasteiger partial charge on any atom is 0.314 e. The monoisotopic (exact) mass is 956 g/mol.